The molecule has 199 valence electrons. The Hall–Kier alpha value is 0.531. The highest BCUT2D eigenvalue weighted by Gasteiger charge is 2.33. The van der Waals surface area contributed by atoms with Crippen LogP contribution >= 0.6 is 0 Å². The van der Waals surface area contributed by atoms with Gasteiger partial charge in [0.25, 0.3) is 0 Å². The molecule has 0 N–H and O–H groups in total. The molecule has 0 fully saturated rings. The summed E-state index contributed by atoms with van der Waals surface area (Å²) < 4.78 is 19.9. The molecule has 0 heterocycles. The normalized spacial score (nSPS) is 17.5. The molecular weight excluding hydrogens is 457 g/mol. The van der Waals surface area contributed by atoms with Crippen LogP contribution in [0.25, 0.3) is 0 Å². The minimum Gasteiger partial charge on any atom is -0.424 e. The van der Waals surface area contributed by atoms with E-state index in [2.05, 4.69) is 48.5 Å². The van der Waals surface area contributed by atoms with E-state index in [0.717, 1.165) is 44.0 Å². The van der Waals surface area contributed by atoms with E-state index in [-0.39, 0.29) is 4.28 Å². The maximum Gasteiger partial charge on any atom is 0.165 e. The summed E-state index contributed by atoms with van der Waals surface area (Å²) in [5.41, 5.74) is 0. The summed E-state index contributed by atoms with van der Waals surface area (Å²) in [6, 6.07) is 0. The van der Waals surface area contributed by atoms with Crippen molar-refractivity contribution in [2.24, 2.45) is 17.8 Å². The minimum atomic E-state index is -0.680. The molecule has 0 rings (SSSR count). The van der Waals surface area contributed by atoms with E-state index in [1.165, 1.54) is 77.0 Å². The van der Waals surface area contributed by atoms with E-state index < -0.39 is 29.3 Å². The van der Waals surface area contributed by atoms with Crippen molar-refractivity contribution in [2.45, 2.75) is 129 Å². The number of rotatable bonds is 25. The third kappa shape index (κ3) is 16.8. The Morgan fingerprint density at radius 3 is 1.09 bits per heavy atom. The first-order valence-corrected chi connectivity index (χ1v) is 18.4. The molecule has 0 spiro atoms. The fourth-order valence-corrected chi connectivity index (χ4v) is 11.0. The third-order valence-electron chi connectivity index (χ3n) is 7.45. The molecule has 0 aliphatic heterocycles. The SMILES string of the molecule is [CH2]CC([SiH2]OCC(CC)CCCC)([SiH2]OCC(CC)CCCC)[SiH2]OCC(CC)CCCC. The lowest BCUT2D eigenvalue weighted by Gasteiger charge is -2.32. The van der Waals surface area contributed by atoms with E-state index in [1.807, 2.05) is 0 Å². The van der Waals surface area contributed by atoms with Gasteiger partial charge >= 0.3 is 0 Å². The first-order valence-electron chi connectivity index (χ1n) is 14.6. The number of hydrogen-bond acceptors (Lipinski definition) is 3. The summed E-state index contributed by atoms with van der Waals surface area (Å²) in [6.45, 7) is 21.1. The van der Waals surface area contributed by atoms with Gasteiger partial charge in [-0.15, -0.1) is 0 Å². The molecule has 3 unspecified atom stereocenters. The van der Waals surface area contributed by atoms with Crippen LogP contribution in [0.5, 0.6) is 0 Å². The Kier molecular flexibility index (Phi) is 23.3. The van der Waals surface area contributed by atoms with Crippen molar-refractivity contribution in [3.05, 3.63) is 6.92 Å². The van der Waals surface area contributed by atoms with Gasteiger partial charge in [-0.1, -0.05) is 106 Å². The van der Waals surface area contributed by atoms with Crippen LogP contribution in [-0.4, -0.2) is 49.1 Å². The van der Waals surface area contributed by atoms with Gasteiger partial charge in [0.2, 0.25) is 0 Å². The maximum absolute atomic E-state index is 6.55. The zero-order chi connectivity index (χ0) is 24.8. The second kappa shape index (κ2) is 23.0. The zero-order valence-corrected chi connectivity index (χ0v) is 27.8. The molecule has 0 amide bonds. The average Bonchev–Trinajstić information content (AvgIpc) is 2.84. The summed E-state index contributed by atoms with van der Waals surface area (Å²) in [5.74, 6) is 2.17. The molecule has 0 aliphatic carbocycles. The van der Waals surface area contributed by atoms with Crippen molar-refractivity contribution < 1.29 is 13.3 Å². The molecule has 0 aromatic carbocycles. The summed E-state index contributed by atoms with van der Waals surface area (Å²) in [4.78, 5) is 0. The van der Waals surface area contributed by atoms with Gasteiger partial charge in [-0.3, -0.25) is 0 Å². The Balaban J connectivity index is 4.92. The van der Waals surface area contributed by atoms with Crippen LogP contribution in [0.15, 0.2) is 0 Å². The summed E-state index contributed by atoms with van der Waals surface area (Å²) in [6.07, 6.45) is 16.4. The summed E-state index contributed by atoms with van der Waals surface area (Å²) in [5, 5.41) is 0. The van der Waals surface area contributed by atoms with Gasteiger partial charge in [0.05, 0.1) is 0 Å². The predicted molar refractivity (Wildman–Crippen MR) is 156 cm³/mol. The van der Waals surface area contributed by atoms with Gasteiger partial charge in [-0.2, -0.15) is 0 Å². The monoisotopic (exact) mass is 517 g/mol. The minimum absolute atomic E-state index is 0.273. The van der Waals surface area contributed by atoms with Crippen LogP contribution in [0.3, 0.4) is 0 Å². The van der Waals surface area contributed by atoms with Crippen LogP contribution in [0, 0.1) is 24.7 Å². The lowest BCUT2D eigenvalue weighted by molar-refractivity contribution is 0.219. The molecule has 0 saturated carbocycles. The van der Waals surface area contributed by atoms with Gasteiger partial charge in [-0.05, 0) is 43.4 Å². The van der Waals surface area contributed by atoms with Crippen LogP contribution < -0.4 is 0 Å². The van der Waals surface area contributed by atoms with Gasteiger partial charge < -0.3 is 13.3 Å². The van der Waals surface area contributed by atoms with Gasteiger partial charge in [0, 0.05) is 24.1 Å². The topological polar surface area (TPSA) is 27.7 Å². The first-order chi connectivity index (χ1) is 16.0. The maximum atomic E-state index is 6.55. The molecule has 0 aromatic heterocycles. The molecule has 0 aromatic rings. The van der Waals surface area contributed by atoms with Crippen molar-refractivity contribution in [3.63, 3.8) is 0 Å². The second-order valence-corrected chi connectivity index (χ2v) is 20.1. The van der Waals surface area contributed by atoms with Crippen molar-refractivity contribution in [2.75, 3.05) is 19.8 Å². The Morgan fingerprint density at radius 2 is 0.879 bits per heavy atom. The molecule has 3 nitrogen and oxygen atoms in total. The largest absolute Gasteiger partial charge is 0.424 e. The van der Waals surface area contributed by atoms with Crippen molar-refractivity contribution in [3.8, 4) is 0 Å². The van der Waals surface area contributed by atoms with Crippen LogP contribution in [0.4, 0.5) is 0 Å². The quantitative estimate of drug-likeness (QED) is 0.134. The van der Waals surface area contributed by atoms with Crippen molar-refractivity contribution in [1.82, 2.24) is 0 Å². The summed E-state index contributed by atoms with van der Waals surface area (Å²) >= 11 is 0. The molecule has 0 saturated heterocycles. The molecule has 1 radical (unpaired) electrons. The van der Waals surface area contributed by atoms with Gasteiger partial charge in [0.1, 0.15) is 0 Å². The predicted octanol–water partition coefficient (Wildman–Crippen LogP) is 6.23. The highest BCUT2D eigenvalue weighted by molar-refractivity contribution is 6.74. The molecular formula is C27H61O3Si3. The van der Waals surface area contributed by atoms with Crippen LogP contribution in [0.1, 0.15) is 125 Å². The lowest BCUT2D eigenvalue weighted by atomic mass is 10.0. The van der Waals surface area contributed by atoms with Gasteiger partial charge in [0.15, 0.2) is 29.3 Å². The molecule has 0 aliphatic rings. The molecule has 3 atom stereocenters. The molecule has 6 heteroatoms. The third-order valence-corrected chi connectivity index (χ3v) is 15.3. The van der Waals surface area contributed by atoms with E-state index in [4.69, 9.17) is 13.3 Å². The van der Waals surface area contributed by atoms with E-state index >= 15 is 0 Å². The lowest BCUT2D eigenvalue weighted by Crippen LogP contribution is -2.39. The smallest absolute Gasteiger partial charge is 0.165 e. The second-order valence-electron chi connectivity index (χ2n) is 10.5. The number of hydrogen-bond donors (Lipinski definition) is 0. The van der Waals surface area contributed by atoms with Crippen molar-refractivity contribution in [1.29, 1.82) is 0 Å². The Bertz CT molecular complexity index is 357. The highest BCUT2D eigenvalue weighted by atomic mass is 28.4. The van der Waals surface area contributed by atoms with E-state index in [1.54, 1.807) is 0 Å². The Morgan fingerprint density at radius 1 is 0.576 bits per heavy atom. The van der Waals surface area contributed by atoms with E-state index in [9.17, 15) is 0 Å². The molecule has 0 bridgehead atoms. The zero-order valence-electron chi connectivity index (χ0n) is 23.6. The van der Waals surface area contributed by atoms with Crippen LogP contribution in [-0.2, 0) is 13.3 Å². The van der Waals surface area contributed by atoms with Gasteiger partial charge in [-0.25, -0.2) is 0 Å². The first kappa shape index (κ1) is 33.5. The fourth-order valence-electron chi connectivity index (χ4n) is 4.36. The Labute approximate surface area is 216 Å². The highest BCUT2D eigenvalue weighted by Crippen LogP contribution is 2.29. The van der Waals surface area contributed by atoms with Crippen molar-refractivity contribution >= 4 is 29.3 Å². The average molecular weight is 518 g/mol. The van der Waals surface area contributed by atoms with E-state index in [0.29, 0.717) is 0 Å². The van der Waals surface area contributed by atoms with Crippen LogP contribution in [0.2, 0.25) is 4.28 Å². The molecule has 33 heavy (non-hydrogen) atoms. The summed E-state index contributed by atoms with van der Waals surface area (Å²) in [7, 11) is -2.04. The standard InChI is InChI=1S/C27H61O3Si3/c1-8-15-18-24(11-4)21-28-31-27(14-7,32-29-22-25(12-5)19-16-9-2)33-30-23-26(13-6)20-17-10-3/h24-26H,7-23,31-33H2,1-6H3. The fraction of sp³-hybridized carbons (Fsp3) is 0.963. The number of unbranched alkanes of at least 4 members (excludes halogenated alkanes) is 3.